The van der Waals surface area contributed by atoms with E-state index < -0.39 is 0 Å². The third kappa shape index (κ3) is 4.44. The van der Waals surface area contributed by atoms with Gasteiger partial charge in [-0.1, -0.05) is 12.1 Å². The Labute approximate surface area is 125 Å². The number of hydrogen-bond donors (Lipinski definition) is 1. The first-order valence-corrected chi connectivity index (χ1v) is 7.62. The van der Waals surface area contributed by atoms with E-state index in [1.807, 2.05) is 18.2 Å². The van der Waals surface area contributed by atoms with Crippen LogP contribution in [0.3, 0.4) is 0 Å². The largest absolute Gasteiger partial charge is 0.484 e. The minimum Gasteiger partial charge on any atom is -0.484 e. The highest BCUT2D eigenvalue weighted by Crippen LogP contribution is 2.20. The van der Waals surface area contributed by atoms with Crippen molar-refractivity contribution < 1.29 is 14.3 Å². The molecule has 1 aromatic carbocycles. The Morgan fingerprint density at radius 1 is 1.33 bits per heavy atom. The second-order valence-electron chi connectivity index (χ2n) is 5.58. The van der Waals surface area contributed by atoms with Crippen LogP contribution < -0.4 is 10.1 Å². The number of hydrogen-bond acceptors (Lipinski definition) is 4. The molecule has 114 valence electrons. The van der Waals surface area contributed by atoms with Crippen molar-refractivity contribution in [2.24, 2.45) is 0 Å². The van der Waals surface area contributed by atoms with Crippen LogP contribution in [0.1, 0.15) is 18.4 Å². The molecule has 0 bridgehead atoms. The zero-order valence-electron chi connectivity index (χ0n) is 12.2. The number of nitrogens with zero attached hydrogens (tertiary/aromatic N) is 1. The summed E-state index contributed by atoms with van der Waals surface area (Å²) in [6.45, 7) is 3.52. The van der Waals surface area contributed by atoms with Crippen LogP contribution in [-0.2, 0) is 16.1 Å². The summed E-state index contributed by atoms with van der Waals surface area (Å²) in [4.78, 5) is 13.8. The van der Waals surface area contributed by atoms with E-state index in [0.717, 1.165) is 12.3 Å². The van der Waals surface area contributed by atoms with Gasteiger partial charge in [-0.3, -0.25) is 4.79 Å². The molecule has 0 atom stereocenters. The Morgan fingerprint density at radius 3 is 2.90 bits per heavy atom. The zero-order chi connectivity index (χ0) is 14.5. The fraction of sp³-hybridized carbons (Fsp3) is 0.562. The summed E-state index contributed by atoms with van der Waals surface area (Å²) in [6.07, 6.45) is 2.56. The Kier molecular flexibility index (Phi) is 4.72. The molecule has 0 aromatic heterocycles. The summed E-state index contributed by atoms with van der Waals surface area (Å²) in [5.74, 6) is 0.784. The maximum atomic E-state index is 12.0. The normalized spacial score (nSPS) is 18.6. The minimum atomic E-state index is 0.0276. The van der Waals surface area contributed by atoms with E-state index in [1.54, 1.807) is 4.90 Å². The number of amides is 1. The second kappa shape index (κ2) is 6.91. The predicted octanol–water partition coefficient (Wildman–Crippen LogP) is 1.18. The van der Waals surface area contributed by atoms with Gasteiger partial charge >= 0.3 is 0 Å². The van der Waals surface area contributed by atoms with Gasteiger partial charge < -0.3 is 19.7 Å². The lowest BCUT2D eigenvalue weighted by molar-refractivity contribution is -0.137. The van der Waals surface area contributed by atoms with Crippen molar-refractivity contribution in [3.05, 3.63) is 29.8 Å². The summed E-state index contributed by atoms with van der Waals surface area (Å²) in [5, 5.41) is 3.47. The van der Waals surface area contributed by atoms with Crippen LogP contribution in [0, 0.1) is 0 Å². The Bertz CT molecular complexity index is 482. The van der Waals surface area contributed by atoms with Crippen LogP contribution in [0.4, 0.5) is 0 Å². The number of ether oxygens (including phenoxy) is 2. The third-order valence-electron chi connectivity index (χ3n) is 3.80. The third-order valence-corrected chi connectivity index (χ3v) is 3.80. The predicted molar refractivity (Wildman–Crippen MR) is 79.2 cm³/mol. The molecule has 2 fully saturated rings. The lowest BCUT2D eigenvalue weighted by atomic mass is 10.2. The van der Waals surface area contributed by atoms with Crippen LogP contribution in [0.15, 0.2) is 24.3 Å². The van der Waals surface area contributed by atoms with Gasteiger partial charge in [0.1, 0.15) is 5.75 Å². The molecule has 5 nitrogen and oxygen atoms in total. The van der Waals surface area contributed by atoms with E-state index in [-0.39, 0.29) is 12.5 Å². The van der Waals surface area contributed by atoms with E-state index >= 15 is 0 Å². The van der Waals surface area contributed by atoms with E-state index in [0.29, 0.717) is 32.3 Å². The van der Waals surface area contributed by atoms with Gasteiger partial charge in [-0.25, -0.2) is 0 Å². The van der Waals surface area contributed by atoms with E-state index in [2.05, 4.69) is 11.4 Å². The monoisotopic (exact) mass is 290 g/mol. The van der Waals surface area contributed by atoms with Crippen molar-refractivity contribution in [1.29, 1.82) is 0 Å². The molecule has 21 heavy (non-hydrogen) atoms. The molecule has 1 saturated carbocycles. The molecule has 1 heterocycles. The molecule has 1 aromatic rings. The summed E-state index contributed by atoms with van der Waals surface area (Å²) < 4.78 is 10.9. The van der Waals surface area contributed by atoms with Crippen molar-refractivity contribution >= 4 is 5.91 Å². The molecule has 2 aliphatic rings. The zero-order valence-corrected chi connectivity index (χ0v) is 12.2. The lowest BCUT2D eigenvalue weighted by Crippen LogP contribution is -2.42. The van der Waals surface area contributed by atoms with Crippen molar-refractivity contribution in [3.8, 4) is 5.75 Å². The number of morpholine rings is 1. The minimum absolute atomic E-state index is 0.0276. The highest BCUT2D eigenvalue weighted by molar-refractivity contribution is 5.77. The van der Waals surface area contributed by atoms with Gasteiger partial charge in [0.05, 0.1) is 13.2 Å². The topological polar surface area (TPSA) is 50.8 Å². The number of carbonyl (C=O) groups is 1. The van der Waals surface area contributed by atoms with Crippen molar-refractivity contribution in [1.82, 2.24) is 10.2 Å². The standard InChI is InChI=1S/C16H22N2O3/c19-16(18-6-8-20-9-7-18)12-21-15-3-1-2-13(10-15)11-17-14-4-5-14/h1-3,10,14,17H,4-9,11-12H2. The molecule has 1 saturated heterocycles. The molecule has 1 aliphatic heterocycles. The van der Waals surface area contributed by atoms with Crippen molar-refractivity contribution in [2.45, 2.75) is 25.4 Å². The summed E-state index contributed by atoms with van der Waals surface area (Å²) in [6, 6.07) is 8.64. The maximum absolute atomic E-state index is 12.0. The fourth-order valence-electron chi connectivity index (χ4n) is 2.34. The molecular formula is C16H22N2O3. The van der Waals surface area contributed by atoms with Gasteiger partial charge in [0.15, 0.2) is 6.61 Å². The number of nitrogens with one attached hydrogen (secondary N) is 1. The van der Waals surface area contributed by atoms with Crippen LogP contribution in [-0.4, -0.2) is 49.8 Å². The SMILES string of the molecule is O=C(COc1cccc(CNC2CC2)c1)N1CCOCC1. The first-order chi connectivity index (χ1) is 10.3. The molecule has 1 aliphatic carbocycles. The van der Waals surface area contributed by atoms with Gasteiger partial charge in [-0.05, 0) is 30.5 Å². The molecule has 5 heteroatoms. The smallest absolute Gasteiger partial charge is 0.260 e. The maximum Gasteiger partial charge on any atom is 0.260 e. The fourth-order valence-corrected chi connectivity index (χ4v) is 2.34. The van der Waals surface area contributed by atoms with Crippen LogP contribution >= 0.6 is 0 Å². The van der Waals surface area contributed by atoms with E-state index in [9.17, 15) is 4.79 Å². The Hall–Kier alpha value is -1.59. The highest BCUT2D eigenvalue weighted by Gasteiger charge is 2.20. The van der Waals surface area contributed by atoms with Gasteiger partial charge in [-0.15, -0.1) is 0 Å². The molecule has 0 radical (unpaired) electrons. The Balaban J connectivity index is 1.47. The summed E-state index contributed by atoms with van der Waals surface area (Å²) in [7, 11) is 0. The molecule has 3 rings (SSSR count). The van der Waals surface area contributed by atoms with Crippen LogP contribution in [0.2, 0.25) is 0 Å². The van der Waals surface area contributed by atoms with Gasteiger partial charge in [0, 0.05) is 25.7 Å². The molecule has 1 amide bonds. The lowest BCUT2D eigenvalue weighted by Gasteiger charge is -2.26. The molecule has 0 unspecified atom stereocenters. The average molecular weight is 290 g/mol. The molecule has 0 spiro atoms. The summed E-state index contributed by atoms with van der Waals surface area (Å²) in [5.41, 5.74) is 1.19. The van der Waals surface area contributed by atoms with Gasteiger partial charge in [-0.2, -0.15) is 0 Å². The first kappa shape index (κ1) is 14.4. The molecular weight excluding hydrogens is 268 g/mol. The van der Waals surface area contributed by atoms with Crippen LogP contribution in [0.25, 0.3) is 0 Å². The molecule has 1 N–H and O–H groups in total. The average Bonchev–Trinajstić information content (AvgIpc) is 3.36. The second-order valence-corrected chi connectivity index (χ2v) is 5.58. The van der Waals surface area contributed by atoms with Crippen molar-refractivity contribution in [2.75, 3.05) is 32.9 Å². The number of carbonyl (C=O) groups excluding carboxylic acids is 1. The Morgan fingerprint density at radius 2 is 2.14 bits per heavy atom. The quantitative estimate of drug-likeness (QED) is 0.854. The summed E-state index contributed by atoms with van der Waals surface area (Å²) >= 11 is 0. The van der Waals surface area contributed by atoms with E-state index in [1.165, 1.54) is 18.4 Å². The first-order valence-electron chi connectivity index (χ1n) is 7.62. The van der Waals surface area contributed by atoms with Gasteiger partial charge in [0.2, 0.25) is 0 Å². The number of benzene rings is 1. The number of rotatable bonds is 6. The van der Waals surface area contributed by atoms with Gasteiger partial charge in [0.25, 0.3) is 5.91 Å². The van der Waals surface area contributed by atoms with Crippen LogP contribution in [0.5, 0.6) is 5.75 Å². The van der Waals surface area contributed by atoms with Crippen molar-refractivity contribution in [3.63, 3.8) is 0 Å². The highest BCUT2D eigenvalue weighted by atomic mass is 16.5. The van der Waals surface area contributed by atoms with E-state index in [4.69, 9.17) is 9.47 Å².